The van der Waals surface area contributed by atoms with Crippen molar-refractivity contribution in [3.8, 4) is 11.5 Å². The van der Waals surface area contributed by atoms with E-state index < -0.39 is 0 Å². The second kappa shape index (κ2) is 3.40. The maximum absolute atomic E-state index is 5.31. The molecule has 2 rings (SSSR count). The fraction of sp³-hybridized carbons (Fsp3) is 0.455. The van der Waals surface area contributed by atoms with E-state index in [1.165, 1.54) is 5.56 Å². The van der Waals surface area contributed by atoms with Crippen molar-refractivity contribution in [1.29, 1.82) is 0 Å². The molecule has 0 radical (unpaired) electrons. The lowest BCUT2D eigenvalue weighted by atomic mass is 10.1. The molecule has 0 bridgehead atoms. The van der Waals surface area contributed by atoms with E-state index in [1.54, 1.807) is 14.2 Å². The number of nitrogens with one attached hydrogen (secondary N) is 1. The Hall–Kier alpha value is -1.38. The summed E-state index contributed by atoms with van der Waals surface area (Å²) in [5.41, 5.74) is 2.38. The molecule has 3 heteroatoms. The third-order valence-electron chi connectivity index (χ3n) is 2.53. The monoisotopic (exact) mass is 193 g/mol. The largest absolute Gasteiger partial charge is 0.497 e. The number of ether oxygens (including phenoxy) is 2. The van der Waals surface area contributed by atoms with Crippen molar-refractivity contribution in [2.45, 2.75) is 19.4 Å². The zero-order valence-corrected chi connectivity index (χ0v) is 8.76. The summed E-state index contributed by atoms with van der Waals surface area (Å²) in [4.78, 5) is 0. The molecule has 1 aliphatic heterocycles. The van der Waals surface area contributed by atoms with Crippen molar-refractivity contribution in [3.05, 3.63) is 17.7 Å². The third-order valence-corrected chi connectivity index (χ3v) is 2.53. The van der Waals surface area contributed by atoms with Gasteiger partial charge in [-0.15, -0.1) is 0 Å². The second-order valence-corrected chi connectivity index (χ2v) is 3.61. The molecule has 1 unspecified atom stereocenters. The average molecular weight is 193 g/mol. The highest BCUT2D eigenvalue weighted by atomic mass is 16.5. The Morgan fingerprint density at radius 2 is 2.07 bits per heavy atom. The normalized spacial score (nSPS) is 18.6. The van der Waals surface area contributed by atoms with Crippen LogP contribution in [0.1, 0.15) is 12.5 Å². The summed E-state index contributed by atoms with van der Waals surface area (Å²) < 4.78 is 10.5. The standard InChI is InChI=1S/C11H15NO2/c1-7-4-8-5-9(13-2)6-10(14-3)11(8)12-7/h5-7,12H,4H2,1-3H3. The van der Waals surface area contributed by atoms with Crippen LogP contribution in [0.4, 0.5) is 5.69 Å². The highest BCUT2D eigenvalue weighted by molar-refractivity contribution is 5.68. The molecule has 3 nitrogen and oxygen atoms in total. The van der Waals surface area contributed by atoms with Crippen molar-refractivity contribution >= 4 is 5.69 Å². The Morgan fingerprint density at radius 3 is 2.71 bits per heavy atom. The van der Waals surface area contributed by atoms with Crippen molar-refractivity contribution in [2.75, 3.05) is 19.5 Å². The lowest BCUT2D eigenvalue weighted by Crippen LogP contribution is -2.08. The molecule has 0 spiro atoms. The van der Waals surface area contributed by atoms with Crippen molar-refractivity contribution in [1.82, 2.24) is 0 Å². The fourth-order valence-electron chi connectivity index (χ4n) is 1.88. The highest BCUT2D eigenvalue weighted by Crippen LogP contribution is 2.38. The Labute approximate surface area is 84.0 Å². The molecule has 0 saturated carbocycles. The van der Waals surface area contributed by atoms with Crippen LogP contribution in [-0.2, 0) is 6.42 Å². The van der Waals surface area contributed by atoms with Gasteiger partial charge in [0.15, 0.2) is 0 Å². The second-order valence-electron chi connectivity index (χ2n) is 3.61. The molecule has 1 aliphatic rings. The van der Waals surface area contributed by atoms with Gasteiger partial charge in [0.25, 0.3) is 0 Å². The van der Waals surface area contributed by atoms with Crippen molar-refractivity contribution in [2.24, 2.45) is 0 Å². The summed E-state index contributed by atoms with van der Waals surface area (Å²) in [6, 6.07) is 4.45. The van der Waals surface area contributed by atoms with E-state index in [-0.39, 0.29) is 0 Å². The molecule has 0 saturated heterocycles. The van der Waals surface area contributed by atoms with Gasteiger partial charge in [0, 0.05) is 12.1 Å². The Kier molecular flexibility index (Phi) is 2.23. The number of methoxy groups -OCH3 is 2. The topological polar surface area (TPSA) is 30.5 Å². The summed E-state index contributed by atoms with van der Waals surface area (Å²) in [5.74, 6) is 1.72. The summed E-state index contributed by atoms with van der Waals surface area (Å²) in [6.45, 7) is 2.16. The van der Waals surface area contributed by atoms with E-state index in [9.17, 15) is 0 Å². The Bertz CT molecular complexity index is 349. The molecule has 76 valence electrons. The quantitative estimate of drug-likeness (QED) is 0.779. The molecule has 1 aromatic rings. The van der Waals surface area contributed by atoms with E-state index in [0.717, 1.165) is 23.6 Å². The SMILES string of the molecule is COc1cc2c(c(OC)c1)NC(C)C2. The number of hydrogen-bond acceptors (Lipinski definition) is 3. The number of hydrogen-bond donors (Lipinski definition) is 1. The van der Waals surface area contributed by atoms with E-state index in [4.69, 9.17) is 9.47 Å². The summed E-state index contributed by atoms with van der Waals surface area (Å²) in [5, 5.41) is 3.39. The van der Waals surface area contributed by atoms with Crippen LogP contribution in [0.5, 0.6) is 11.5 Å². The molecule has 1 aromatic carbocycles. The number of fused-ring (bicyclic) bond motifs is 1. The Morgan fingerprint density at radius 1 is 1.29 bits per heavy atom. The molecule has 1 N–H and O–H groups in total. The average Bonchev–Trinajstić information content (AvgIpc) is 2.56. The molecule has 0 amide bonds. The van der Waals surface area contributed by atoms with E-state index >= 15 is 0 Å². The van der Waals surface area contributed by atoms with Gasteiger partial charge in [-0.1, -0.05) is 0 Å². The van der Waals surface area contributed by atoms with Crippen LogP contribution in [0.25, 0.3) is 0 Å². The van der Waals surface area contributed by atoms with Gasteiger partial charge in [-0.25, -0.2) is 0 Å². The first-order valence-electron chi connectivity index (χ1n) is 4.76. The molecule has 0 aliphatic carbocycles. The first kappa shape index (κ1) is 9.19. The maximum atomic E-state index is 5.31. The highest BCUT2D eigenvalue weighted by Gasteiger charge is 2.21. The molecule has 0 aromatic heterocycles. The molecular weight excluding hydrogens is 178 g/mol. The van der Waals surface area contributed by atoms with Crippen LogP contribution < -0.4 is 14.8 Å². The molecule has 1 heterocycles. The van der Waals surface area contributed by atoms with Crippen LogP contribution in [0.15, 0.2) is 12.1 Å². The van der Waals surface area contributed by atoms with E-state index in [1.807, 2.05) is 6.07 Å². The van der Waals surface area contributed by atoms with Gasteiger partial charge in [0.05, 0.1) is 19.9 Å². The van der Waals surface area contributed by atoms with Gasteiger partial charge in [0.2, 0.25) is 0 Å². The van der Waals surface area contributed by atoms with E-state index in [0.29, 0.717) is 6.04 Å². The number of rotatable bonds is 2. The van der Waals surface area contributed by atoms with Crippen LogP contribution in [0, 0.1) is 0 Å². The van der Waals surface area contributed by atoms with Gasteiger partial charge >= 0.3 is 0 Å². The minimum atomic E-state index is 0.478. The van der Waals surface area contributed by atoms with Crippen LogP contribution in [-0.4, -0.2) is 20.3 Å². The Balaban J connectivity index is 2.46. The van der Waals surface area contributed by atoms with Gasteiger partial charge in [0.1, 0.15) is 11.5 Å². The van der Waals surface area contributed by atoms with Gasteiger partial charge < -0.3 is 14.8 Å². The van der Waals surface area contributed by atoms with Gasteiger partial charge in [-0.3, -0.25) is 0 Å². The minimum absolute atomic E-state index is 0.478. The maximum Gasteiger partial charge on any atom is 0.145 e. The zero-order chi connectivity index (χ0) is 10.1. The van der Waals surface area contributed by atoms with E-state index in [2.05, 4.69) is 18.3 Å². The minimum Gasteiger partial charge on any atom is -0.497 e. The number of benzene rings is 1. The predicted octanol–water partition coefficient (Wildman–Crippen LogP) is 2.06. The molecule has 14 heavy (non-hydrogen) atoms. The zero-order valence-electron chi connectivity index (χ0n) is 8.76. The number of anilines is 1. The van der Waals surface area contributed by atoms with Crippen molar-refractivity contribution < 1.29 is 9.47 Å². The first-order valence-corrected chi connectivity index (χ1v) is 4.76. The first-order chi connectivity index (χ1) is 6.74. The summed E-state index contributed by atoms with van der Waals surface area (Å²) in [7, 11) is 3.35. The third kappa shape index (κ3) is 1.39. The van der Waals surface area contributed by atoms with Crippen molar-refractivity contribution in [3.63, 3.8) is 0 Å². The summed E-state index contributed by atoms with van der Waals surface area (Å²) >= 11 is 0. The summed E-state index contributed by atoms with van der Waals surface area (Å²) in [6.07, 6.45) is 1.03. The smallest absolute Gasteiger partial charge is 0.145 e. The predicted molar refractivity (Wildman–Crippen MR) is 56.3 cm³/mol. The lowest BCUT2D eigenvalue weighted by molar-refractivity contribution is 0.395. The van der Waals surface area contributed by atoms with Crippen LogP contribution >= 0.6 is 0 Å². The van der Waals surface area contributed by atoms with Crippen LogP contribution in [0.3, 0.4) is 0 Å². The molecular formula is C11H15NO2. The van der Waals surface area contributed by atoms with Gasteiger partial charge in [-0.05, 0) is 25.0 Å². The fourth-order valence-corrected chi connectivity index (χ4v) is 1.88. The van der Waals surface area contributed by atoms with Crippen LogP contribution in [0.2, 0.25) is 0 Å². The molecule has 0 fully saturated rings. The van der Waals surface area contributed by atoms with Gasteiger partial charge in [-0.2, -0.15) is 0 Å². The molecule has 1 atom stereocenters. The lowest BCUT2D eigenvalue weighted by Gasteiger charge is -2.10.